The summed E-state index contributed by atoms with van der Waals surface area (Å²) in [6.45, 7) is 0. The van der Waals surface area contributed by atoms with Crippen molar-refractivity contribution in [1.82, 2.24) is 0 Å². The molecular formula is C9H7BrCa. The van der Waals surface area contributed by atoms with Gasteiger partial charge in [-0.1, -0.05) is 0 Å². The molecule has 0 bridgehead atoms. The van der Waals surface area contributed by atoms with Crippen molar-refractivity contribution in [1.29, 1.82) is 0 Å². The molecule has 0 fully saturated rings. The molecule has 0 unspecified atom stereocenters. The molecule has 0 aromatic heterocycles. The van der Waals surface area contributed by atoms with E-state index in [9.17, 15) is 0 Å². The summed E-state index contributed by atoms with van der Waals surface area (Å²) >= 11 is 4.59. The number of hydrogen-bond donors (Lipinski definition) is 0. The Morgan fingerprint density at radius 2 is 1.91 bits per heavy atom. The van der Waals surface area contributed by atoms with Gasteiger partial charge in [-0.15, -0.1) is 0 Å². The molecule has 2 heteroatoms. The van der Waals surface area contributed by atoms with E-state index in [0.29, 0.717) is 0 Å². The number of hydrogen-bond acceptors (Lipinski definition) is 0. The first kappa shape index (κ1) is 9.66. The topological polar surface area (TPSA) is 0 Å². The third kappa shape index (κ3) is 4.22. The molecule has 0 saturated carbocycles. The normalized spacial score (nSPS) is 10.5. The van der Waals surface area contributed by atoms with Gasteiger partial charge in [0.1, 0.15) is 0 Å². The van der Waals surface area contributed by atoms with E-state index >= 15 is 0 Å². The second-order valence-corrected chi connectivity index (χ2v) is 6.02. The molecular weight excluding hydrogens is 228 g/mol. The van der Waals surface area contributed by atoms with Crippen molar-refractivity contribution in [3.63, 3.8) is 0 Å². The third-order valence-electron chi connectivity index (χ3n) is 1.26. The van der Waals surface area contributed by atoms with Crippen LogP contribution in [0.4, 0.5) is 0 Å². The van der Waals surface area contributed by atoms with Crippen molar-refractivity contribution < 1.29 is 0 Å². The van der Waals surface area contributed by atoms with Gasteiger partial charge >= 0.3 is 99.7 Å². The van der Waals surface area contributed by atoms with Gasteiger partial charge in [0.25, 0.3) is 0 Å². The summed E-state index contributed by atoms with van der Waals surface area (Å²) in [7, 11) is 0. The summed E-state index contributed by atoms with van der Waals surface area (Å²) in [5.41, 5.74) is 1.25. The van der Waals surface area contributed by atoms with Crippen molar-refractivity contribution in [2.45, 2.75) is 0 Å². The number of halogens is 1. The molecule has 0 atom stereocenters. The molecule has 52 valence electrons. The van der Waals surface area contributed by atoms with E-state index in [0.717, 1.165) is 0 Å². The summed E-state index contributed by atoms with van der Waals surface area (Å²) in [6.07, 6.45) is 4.20. The predicted molar refractivity (Wildman–Crippen MR) is 55.2 cm³/mol. The number of allylic oxidation sites excluding steroid dienone is 1. The maximum atomic E-state index is 3.42. The zero-order valence-corrected chi connectivity index (χ0v) is 9.92. The zero-order chi connectivity index (χ0) is 8.10. The summed E-state index contributed by atoms with van der Waals surface area (Å²) < 4.78 is 1.27. The molecule has 0 saturated heterocycles. The summed E-state index contributed by atoms with van der Waals surface area (Å²) in [4.78, 5) is 0. The molecule has 0 N–H and O–H groups in total. The van der Waals surface area contributed by atoms with Gasteiger partial charge in [-0.25, -0.2) is 0 Å². The summed E-state index contributed by atoms with van der Waals surface area (Å²) in [5, 5.41) is 0. The van der Waals surface area contributed by atoms with Gasteiger partial charge in [0.2, 0.25) is 0 Å². The average molecular weight is 235 g/mol. The maximum absolute atomic E-state index is 3.42. The molecule has 0 amide bonds. The van der Waals surface area contributed by atoms with Crippen molar-refractivity contribution in [3.8, 4) is 0 Å². The molecule has 1 aromatic carbocycles. The molecule has 0 aliphatic rings. The van der Waals surface area contributed by atoms with Crippen LogP contribution < -0.4 is 0 Å². The average Bonchev–Trinajstić information content (AvgIpc) is 2.03. The van der Waals surface area contributed by atoms with E-state index in [-0.39, 0.29) is 0 Å². The molecule has 0 heterocycles. The van der Waals surface area contributed by atoms with E-state index in [2.05, 4.69) is 40.2 Å². The molecule has 1 rings (SSSR count). The molecule has 0 nitrogen and oxygen atoms in total. The van der Waals surface area contributed by atoms with Gasteiger partial charge in [0, 0.05) is 0 Å². The molecule has 0 aliphatic heterocycles. The van der Waals surface area contributed by atoms with Crippen LogP contribution in [0.1, 0.15) is 5.56 Å². The standard InChI is InChI=1S/C9H7Br.Ca/c10-8-4-7-9-5-2-1-3-6-9;/h1-7H;. The van der Waals surface area contributed by atoms with Crippen LogP contribution in [0.2, 0.25) is 0 Å². The van der Waals surface area contributed by atoms with Crippen molar-refractivity contribution in [3.05, 3.63) is 42.0 Å². The summed E-state index contributed by atoms with van der Waals surface area (Å²) in [6, 6.07) is 10.3. The van der Waals surface area contributed by atoms with Crippen molar-refractivity contribution in [2.75, 3.05) is 0 Å². The van der Waals surface area contributed by atoms with Gasteiger partial charge in [-0.2, -0.15) is 0 Å². The van der Waals surface area contributed by atoms with E-state index in [1.54, 1.807) is 0 Å². The summed E-state index contributed by atoms with van der Waals surface area (Å²) in [5.74, 6) is 0. The Balaban J connectivity index is 2.72. The van der Waals surface area contributed by atoms with Crippen LogP contribution in [0, 0.1) is 0 Å². The second-order valence-electron chi connectivity index (χ2n) is 2.19. The van der Waals surface area contributed by atoms with Gasteiger partial charge in [0.15, 0.2) is 0 Å². The van der Waals surface area contributed by atoms with Crippen LogP contribution in [0.5, 0.6) is 0 Å². The fourth-order valence-corrected chi connectivity index (χ4v) is 1.07. The van der Waals surface area contributed by atoms with Crippen LogP contribution in [0.3, 0.4) is 0 Å². The Bertz CT molecular complexity index is 264. The van der Waals surface area contributed by atoms with E-state index in [1.807, 2.05) is 18.2 Å². The number of rotatable bonds is 2. The van der Waals surface area contributed by atoms with Crippen LogP contribution >= 0.6 is 15.9 Å². The van der Waals surface area contributed by atoms with Crippen molar-refractivity contribution >= 4 is 57.8 Å². The molecule has 0 radical (unpaired) electrons. The second kappa shape index (κ2) is 5.26. The fourth-order valence-electron chi connectivity index (χ4n) is 0.751. The molecule has 11 heavy (non-hydrogen) atoms. The minimum absolute atomic E-state index is 1.17. The van der Waals surface area contributed by atoms with Gasteiger partial charge in [-0.3, -0.25) is 0 Å². The monoisotopic (exact) mass is 234 g/mol. The van der Waals surface area contributed by atoms with E-state index < -0.39 is 0 Å². The van der Waals surface area contributed by atoms with Crippen LogP contribution in [0.25, 0.3) is 6.08 Å². The number of benzene rings is 1. The van der Waals surface area contributed by atoms with Crippen LogP contribution in [0.15, 0.2) is 36.4 Å². The SMILES string of the molecule is [Ca]=[C](Br)C=Cc1ccccc1. The first-order valence-corrected chi connectivity index (χ1v) is 5.26. The molecule has 0 spiro atoms. The Kier molecular flexibility index (Phi) is 4.61. The Morgan fingerprint density at radius 3 is 2.45 bits per heavy atom. The Hall–Kier alpha value is 0.570. The van der Waals surface area contributed by atoms with Gasteiger partial charge in [0.05, 0.1) is 0 Å². The molecule has 0 aliphatic carbocycles. The first-order valence-electron chi connectivity index (χ1n) is 3.36. The van der Waals surface area contributed by atoms with Crippen molar-refractivity contribution in [2.24, 2.45) is 0 Å². The minimum atomic E-state index is 1.17. The predicted octanol–water partition coefficient (Wildman–Crippen LogP) is 2.39. The van der Waals surface area contributed by atoms with Gasteiger partial charge < -0.3 is 0 Å². The van der Waals surface area contributed by atoms with E-state index in [1.165, 1.54) is 41.3 Å². The fraction of sp³-hybridized carbons (Fsp3) is 0. The van der Waals surface area contributed by atoms with Crippen LogP contribution in [-0.2, 0) is 0 Å². The third-order valence-corrected chi connectivity index (χ3v) is 1.89. The van der Waals surface area contributed by atoms with Gasteiger partial charge in [-0.05, 0) is 0 Å². The van der Waals surface area contributed by atoms with E-state index in [4.69, 9.17) is 0 Å². The first-order chi connectivity index (χ1) is 5.29. The Morgan fingerprint density at radius 1 is 1.27 bits per heavy atom. The Labute approximate surface area is 98.5 Å². The quantitative estimate of drug-likeness (QED) is 0.690. The zero-order valence-electron chi connectivity index (χ0n) is 6.13. The molecule has 1 aromatic rings. The van der Waals surface area contributed by atoms with Crippen LogP contribution in [-0.4, -0.2) is 35.8 Å².